The number of urea groups is 1. The number of alkyl halides is 2. The van der Waals surface area contributed by atoms with E-state index >= 15 is 0 Å². The smallest absolute Gasteiger partial charge is 0.387 e. The van der Waals surface area contributed by atoms with Gasteiger partial charge in [-0.05, 0) is 69.3 Å². The lowest BCUT2D eigenvalue weighted by Crippen LogP contribution is -2.53. The number of hydrogen-bond donors (Lipinski definition) is 2. The minimum atomic E-state index is -2.97. The Kier molecular flexibility index (Phi) is 6.10. The molecule has 3 aromatic rings. The number of benzene rings is 2. The van der Waals surface area contributed by atoms with Gasteiger partial charge in [0.25, 0.3) is 5.91 Å². The number of imide groups is 1. The van der Waals surface area contributed by atoms with E-state index in [4.69, 9.17) is 0 Å². The molecule has 5 rings (SSSR count). The lowest BCUT2D eigenvalue weighted by Gasteiger charge is -2.42. The van der Waals surface area contributed by atoms with E-state index in [0.717, 1.165) is 5.56 Å². The van der Waals surface area contributed by atoms with E-state index in [9.17, 15) is 23.5 Å². The third-order valence-corrected chi connectivity index (χ3v) is 7.61. The van der Waals surface area contributed by atoms with Crippen LogP contribution in [0.1, 0.15) is 43.6 Å². The number of hydrogen-bond acceptors (Lipinski definition) is 5. The molecule has 0 radical (unpaired) electrons. The molecule has 8 nitrogen and oxygen atoms in total. The predicted octanol–water partition coefficient (Wildman–Crippen LogP) is 4.48. The van der Waals surface area contributed by atoms with Crippen molar-refractivity contribution in [1.82, 2.24) is 19.7 Å². The summed E-state index contributed by atoms with van der Waals surface area (Å²) in [5, 5.41) is 10.9. The predicted molar refractivity (Wildman–Crippen MR) is 134 cm³/mol. The summed E-state index contributed by atoms with van der Waals surface area (Å²) in [6.07, 6.45) is 0.205. The first kappa shape index (κ1) is 25.0. The average Bonchev–Trinajstić information content (AvgIpc) is 3.27. The van der Waals surface area contributed by atoms with Crippen molar-refractivity contribution in [3.8, 4) is 11.5 Å². The Hall–Kier alpha value is -3.66. The van der Waals surface area contributed by atoms with E-state index in [0.29, 0.717) is 28.7 Å². The maximum absolute atomic E-state index is 13.8. The van der Waals surface area contributed by atoms with Crippen LogP contribution in [0.4, 0.5) is 13.6 Å². The summed E-state index contributed by atoms with van der Waals surface area (Å²) in [6.45, 7) is 3.63. The van der Waals surface area contributed by atoms with Gasteiger partial charge in [-0.15, -0.1) is 0 Å². The van der Waals surface area contributed by atoms with Crippen LogP contribution in [0.15, 0.2) is 42.5 Å². The van der Waals surface area contributed by atoms with Gasteiger partial charge in [0, 0.05) is 42.1 Å². The van der Waals surface area contributed by atoms with Crippen LogP contribution in [0.25, 0.3) is 10.9 Å². The highest BCUT2D eigenvalue weighted by Crippen LogP contribution is 2.49. The first-order chi connectivity index (χ1) is 17.5. The molecule has 0 unspecified atom stereocenters. The van der Waals surface area contributed by atoms with E-state index in [-0.39, 0.29) is 36.4 Å². The molecule has 196 valence electrons. The second kappa shape index (κ2) is 9.02. The topological polar surface area (TPSA) is 89.1 Å². The van der Waals surface area contributed by atoms with Crippen molar-refractivity contribution >= 4 is 22.8 Å². The van der Waals surface area contributed by atoms with Crippen molar-refractivity contribution in [1.29, 1.82) is 0 Å². The summed E-state index contributed by atoms with van der Waals surface area (Å²) >= 11 is 0. The average molecular weight is 513 g/mol. The molecule has 0 aliphatic carbocycles. The van der Waals surface area contributed by atoms with Crippen molar-refractivity contribution < 1.29 is 28.2 Å². The van der Waals surface area contributed by atoms with Gasteiger partial charge in [0.1, 0.15) is 23.1 Å². The Bertz CT molecular complexity index is 1370. The van der Waals surface area contributed by atoms with Crippen molar-refractivity contribution in [2.45, 2.75) is 51.4 Å². The standard InChI is InChI=1S/C27H30F2N4O4/c1-15(2)31(4)10-11-32-24(35)27(3)14-20-19-13-18(37-25(28)29)8-9-21(19)30-22(20)23(33(27)26(32)36)16-6-5-7-17(34)12-16/h5-9,12-13,15,23,25,30,34H,10-11,14H2,1-4H3/t23-,27+/m1/s1. The lowest BCUT2D eigenvalue weighted by molar-refractivity contribution is -0.133. The minimum Gasteiger partial charge on any atom is -0.508 e. The van der Waals surface area contributed by atoms with Crippen molar-refractivity contribution in [2.24, 2.45) is 0 Å². The maximum Gasteiger partial charge on any atom is 0.387 e. The Morgan fingerprint density at radius 1 is 1.22 bits per heavy atom. The van der Waals surface area contributed by atoms with Gasteiger partial charge in [-0.25, -0.2) is 4.79 Å². The second-order valence-electron chi connectivity index (χ2n) is 10.2. The van der Waals surface area contributed by atoms with Crippen LogP contribution < -0.4 is 4.74 Å². The molecule has 1 saturated heterocycles. The zero-order chi connectivity index (χ0) is 26.6. The number of H-pyrrole nitrogens is 1. The number of likely N-dealkylation sites (N-methyl/N-ethyl adjacent to an activating group) is 1. The van der Waals surface area contributed by atoms with Crippen LogP contribution in [-0.4, -0.2) is 75.1 Å². The van der Waals surface area contributed by atoms with E-state index in [1.165, 1.54) is 23.1 Å². The quantitative estimate of drug-likeness (QED) is 0.456. The third kappa shape index (κ3) is 4.09. The fraction of sp³-hybridized carbons (Fsp3) is 0.407. The molecule has 2 aliphatic rings. The van der Waals surface area contributed by atoms with Gasteiger partial charge in [-0.2, -0.15) is 8.78 Å². The molecule has 3 heterocycles. The first-order valence-electron chi connectivity index (χ1n) is 12.2. The highest BCUT2D eigenvalue weighted by molar-refractivity contribution is 6.08. The molecular weight excluding hydrogens is 482 g/mol. The minimum absolute atomic E-state index is 0.0120. The molecule has 37 heavy (non-hydrogen) atoms. The van der Waals surface area contributed by atoms with Gasteiger partial charge in [-0.1, -0.05) is 12.1 Å². The number of ether oxygens (including phenoxy) is 1. The van der Waals surface area contributed by atoms with Crippen LogP contribution >= 0.6 is 0 Å². The summed E-state index contributed by atoms with van der Waals surface area (Å²) in [5.41, 5.74) is 1.53. The summed E-state index contributed by atoms with van der Waals surface area (Å²) in [5.74, 6) is -0.263. The number of fused-ring (bicyclic) bond motifs is 4. The Labute approximate surface area is 213 Å². The van der Waals surface area contributed by atoms with Crippen LogP contribution in [-0.2, 0) is 11.2 Å². The monoisotopic (exact) mass is 512 g/mol. The van der Waals surface area contributed by atoms with Gasteiger partial charge < -0.3 is 19.7 Å². The number of aromatic hydroxyl groups is 1. The number of phenolic OH excluding ortho intramolecular Hbond substituents is 1. The molecule has 1 aromatic heterocycles. The summed E-state index contributed by atoms with van der Waals surface area (Å²) < 4.78 is 30.4. The van der Waals surface area contributed by atoms with Gasteiger partial charge in [0.05, 0.1) is 0 Å². The second-order valence-corrected chi connectivity index (χ2v) is 10.2. The number of nitrogens with zero attached hydrogens (tertiary/aromatic N) is 3. The van der Waals surface area contributed by atoms with E-state index < -0.39 is 24.2 Å². The van der Waals surface area contributed by atoms with Crippen LogP contribution in [0.2, 0.25) is 0 Å². The van der Waals surface area contributed by atoms with Crippen molar-refractivity contribution in [2.75, 3.05) is 20.1 Å². The fourth-order valence-electron chi connectivity index (χ4n) is 5.42. The third-order valence-electron chi connectivity index (χ3n) is 7.61. The molecule has 2 aromatic carbocycles. The van der Waals surface area contributed by atoms with E-state index in [1.54, 1.807) is 36.1 Å². The zero-order valence-corrected chi connectivity index (χ0v) is 21.2. The molecule has 2 N–H and O–H groups in total. The number of phenols is 1. The van der Waals surface area contributed by atoms with Crippen LogP contribution in [0.3, 0.4) is 0 Å². The van der Waals surface area contributed by atoms with Crippen molar-refractivity contribution in [3.05, 3.63) is 59.3 Å². The van der Waals surface area contributed by atoms with E-state index in [1.807, 2.05) is 20.9 Å². The SMILES string of the molecule is CC(C)N(C)CCN1C(=O)N2[C@H](c3cccc(O)c3)c3[nH]c4ccc(OC(F)F)cc4c3C[C@@]2(C)C1=O. The highest BCUT2D eigenvalue weighted by Gasteiger charge is 2.60. The Morgan fingerprint density at radius 3 is 2.65 bits per heavy atom. The number of nitrogens with one attached hydrogen (secondary N) is 1. The molecule has 0 bridgehead atoms. The number of aromatic amines is 1. The maximum atomic E-state index is 13.8. The molecule has 2 aliphatic heterocycles. The molecular formula is C27H30F2N4O4. The molecule has 1 fully saturated rings. The number of rotatable bonds is 7. The number of carbonyl (C=O) groups excluding carboxylic acids is 2. The number of amides is 3. The summed E-state index contributed by atoms with van der Waals surface area (Å²) in [6, 6.07) is 10.4. The van der Waals surface area contributed by atoms with Crippen LogP contribution in [0, 0.1) is 0 Å². The van der Waals surface area contributed by atoms with Gasteiger partial charge in [0.2, 0.25) is 0 Å². The Balaban J connectivity index is 1.64. The van der Waals surface area contributed by atoms with Gasteiger partial charge >= 0.3 is 12.6 Å². The highest BCUT2D eigenvalue weighted by atomic mass is 19.3. The largest absolute Gasteiger partial charge is 0.508 e. The molecule has 3 amide bonds. The molecule has 2 atom stereocenters. The zero-order valence-electron chi connectivity index (χ0n) is 21.2. The summed E-state index contributed by atoms with van der Waals surface area (Å²) in [4.78, 5) is 36.0. The Morgan fingerprint density at radius 2 is 1.97 bits per heavy atom. The van der Waals surface area contributed by atoms with Crippen LogP contribution in [0.5, 0.6) is 11.5 Å². The fourth-order valence-corrected chi connectivity index (χ4v) is 5.42. The van der Waals surface area contributed by atoms with E-state index in [2.05, 4.69) is 14.6 Å². The number of carbonyl (C=O) groups is 2. The molecule has 0 spiro atoms. The molecule has 10 heteroatoms. The number of aromatic nitrogens is 1. The first-order valence-corrected chi connectivity index (χ1v) is 12.2. The van der Waals surface area contributed by atoms with Gasteiger partial charge in [-0.3, -0.25) is 14.6 Å². The normalized spacial score (nSPS) is 21.5. The molecule has 0 saturated carbocycles. The number of halogens is 2. The van der Waals surface area contributed by atoms with Gasteiger partial charge in [0.15, 0.2) is 0 Å². The lowest BCUT2D eigenvalue weighted by atomic mass is 9.81. The summed E-state index contributed by atoms with van der Waals surface area (Å²) in [7, 11) is 1.94. The van der Waals surface area contributed by atoms with Crippen molar-refractivity contribution in [3.63, 3.8) is 0 Å².